The Hall–Kier alpha value is -3.35. The summed E-state index contributed by atoms with van der Waals surface area (Å²) in [5, 5.41) is 5.41. The number of amides is 2. The minimum atomic E-state index is -0.521. The van der Waals surface area contributed by atoms with Crippen LogP contribution in [0.5, 0.6) is 5.75 Å². The molecule has 2 aromatic rings. The largest absolute Gasteiger partial charge is 0.497 e. The van der Waals surface area contributed by atoms with Crippen molar-refractivity contribution >= 4 is 17.8 Å². The first-order valence-electron chi connectivity index (χ1n) is 8.49. The second kappa shape index (κ2) is 7.90. The first kappa shape index (κ1) is 18.4. The van der Waals surface area contributed by atoms with Crippen LogP contribution in [0.15, 0.2) is 42.5 Å². The molecule has 2 aromatic carbocycles. The molecule has 1 atom stereocenters. The quantitative estimate of drug-likeness (QED) is 0.785. The van der Waals surface area contributed by atoms with Crippen LogP contribution in [0.1, 0.15) is 27.1 Å². The number of hydrogen-bond donors (Lipinski definition) is 2. The van der Waals surface area contributed by atoms with Crippen molar-refractivity contribution in [1.29, 1.82) is 0 Å². The van der Waals surface area contributed by atoms with E-state index in [0.29, 0.717) is 41.0 Å². The highest BCUT2D eigenvalue weighted by Crippen LogP contribution is 2.28. The van der Waals surface area contributed by atoms with E-state index in [0.717, 1.165) is 0 Å². The third-order valence-corrected chi connectivity index (χ3v) is 4.42. The van der Waals surface area contributed by atoms with Gasteiger partial charge in [-0.25, -0.2) is 4.79 Å². The number of nitrogens with one attached hydrogen (secondary N) is 2. The van der Waals surface area contributed by atoms with Crippen LogP contribution in [-0.4, -0.2) is 44.6 Å². The Morgan fingerprint density at radius 2 is 1.96 bits per heavy atom. The number of carbonyl (C=O) groups is 3. The van der Waals surface area contributed by atoms with Gasteiger partial charge in [-0.05, 0) is 47.9 Å². The van der Waals surface area contributed by atoms with Gasteiger partial charge in [0.25, 0.3) is 5.91 Å². The second-order valence-corrected chi connectivity index (χ2v) is 6.09. The van der Waals surface area contributed by atoms with Crippen LogP contribution >= 0.6 is 0 Å². The lowest BCUT2D eigenvalue weighted by atomic mass is 9.97. The highest BCUT2D eigenvalue weighted by Gasteiger charge is 2.26. The monoisotopic (exact) mass is 368 g/mol. The minimum Gasteiger partial charge on any atom is -0.497 e. The third kappa shape index (κ3) is 3.92. The Labute approximate surface area is 156 Å². The standard InChI is InChI=1S/C20H20N2O5/c1-26-14-6-7-15(16(11-14)20(25)27-2)12-4-3-5-13(10-12)18(23)22-17-8-9-21-19(17)24/h3-7,10-11,17H,8-9H2,1-2H3,(H,21,24)(H,22,23)/t17-/m1/s1. The Morgan fingerprint density at radius 1 is 1.15 bits per heavy atom. The van der Waals surface area contributed by atoms with Gasteiger partial charge < -0.3 is 20.1 Å². The van der Waals surface area contributed by atoms with E-state index >= 15 is 0 Å². The zero-order valence-electron chi connectivity index (χ0n) is 15.1. The minimum absolute atomic E-state index is 0.178. The normalized spacial score (nSPS) is 15.8. The van der Waals surface area contributed by atoms with Crippen LogP contribution in [0.25, 0.3) is 11.1 Å². The first-order chi connectivity index (χ1) is 13.0. The molecule has 1 heterocycles. The number of ether oxygens (including phenoxy) is 2. The van der Waals surface area contributed by atoms with Crippen LogP contribution in [0, 0.1) is 0 Å². The molecule has 1 aliphatic heterocycles. The molecule has 0 spiro atoms. The number of benzene rings is 2. The van der Waals surface area contributed by atoms with E-state index in [9.17, 15) is 14.4 Å². The predicted octanol–water partition coefficient (Wildman–Crippen LogP) is 1.77. The number of methoxy groups -OCH3 is 2. The van der Waals surface area contributed by atoms with Gasteiger partial charge in [-0.1, -0.05) is 12.1 Å². The van der Waals surface area contributed by atoms with Crippen LogP contribution < -0.4 is 15.4 Å². The van der Waals surface area contributed by atoms with E-state index in [1.54, 1.807) is 42.5 Å². The number of hydrogen-bond acceptors (Lipinski definition) is 5. The van der Waals surface area contributed by atoms with Gasteiger partial charge in [-0.3, -0.25) is 9.59 Å². The van der Waals surface area contributed by atoms with Crippen molar-refractivity contribution in [3.63, 3.8) is 0 Å². The van der Waals surface area contributed by atoms with Crippen molar-refractivity contribution in [2.45, 2.75) is 12.5 Å². The highest BCUT2D eigenvalue weighted by molar-refractivity contribution is 6.01. The molecule has 2 N–H and O–H groups in total. The first-order valence-corrected chi connectivity index (χ1v) is 8.49. The van der Waals surface area contributed by atoms with Gasteiger partial charge in [-0.2, -0.15) is 0 Å². The van der Waals surface area contributed by atoms with Crippen molar-refractivity contribution in [3.8, 4) is 16.9 Å². The molecule has 27 heavy (non-hydrogen) atoms. The molecule has 0 aromatic heterocycles. The van der Waals surface area contributed by atoms with E-state index in [2.05, 4.69) is 10.6 Å². The predicted molar refractivity (Wildman–Crippen MR) is 98.7 cm³/mol. The summed E-state index contributed by atoms with van der Waals surface area (Å²) >= 11 is 0. The van der Waals surface area contributed by atoms with Gasteiger partial charge in [0.05, 0.1) is 19.8 Å². The molecule has 3 rings (SSSR count). The summed E-state index contributed by atoms with van der Waals surface area (Å²) in [7, 11) is 2.82. The Balaban J connectivity index is 1.92. The lowest BCUT2D eigenvalue weighted by Crippen LogP contribution is -2.40. The lowest BCUT2D eigenvalue weighted by Gasteiger charge is -2.13. The van der Waals surface area contributed by atoms with Gasteiger partial charge in [0, 0.05) is 12.1 Å². The van der Waals surface area contributed by atoms with Crippen molar-refractivity contribution in [2.75, 3.05) is 20.8 Å². The molecule has 0 radical (unpaired) electrons. The number of carbonyl (C=O) groups excluding carboxylic acids is 3. The number of esters is 1. The molecule has 140 valence electrons. The van der Waals surface area contributed by atoms with Gasteiger partial charge in [0.2, 0.25) is 5.91 Å². The third-order valence-electron chi connectivity index (χ3n) is 4.42. The lowest BCUT2D eigenvalue weighted by molar-refractivity contribution is -0.120. The highest BCUT2D eigenvalue weighted by atomic mass is 16.5. The Bertz CT molecular complexity index is 894. The SMILES string of the molecule is COC(=O)c1cc(OC)ccc1-c1cccc(C(=O)N[C@@H]2CCNC2=O)c1. The molecule has 0 aliphatic carbocycles. The van der Waals surface area contributed by atoms with Crippen molar-refractivity contribution in [3.05, 3.63) is 53.6 Å². The Kier molecular flexibility index (Phi) is 5.40. The zero-order valence-corrected chi connectivity index (χ0v) is 15.1. The van der Waals surface area contributed by atoms with E-state index in [1.165, 1.54) is 14.2 Å². The molecular formula is C20H20N2O5. The maximum Gasteiger partial charge on any atom is 0.338 e. The molecule has 0 bridgehead atoms. The van der Waals surface area contributed by atoms with Gasteiger partial charge >= 0.3 is 5.97 Å². The topological polar surface area (TPSA) is 93.7 Å². The van der Waals surface area contributed by atoms with Crippen LogP contribution in [0.2, 0.25) is 0 Å². The molecule has 0 unspecified atom stereocenters. The molecule has 1 aliphatic rings. The average molecular weight is 368 g/mol. The van der Waals surface area contributed by atoms with E-state index in [1.807, 2.05) is 0 Å². The fourth-order valence-corrected chi connectivity index (χ4v) is 2.98. The van der Waals surface area contributed by atoms with Crippen molar-refractivity contribution in [1.82, 2.24) is 10.6 Å². The second-order valence-electron chi connectivity index (χ2n) is 6.09. The summed E-state index contributed by atoms with van der Waals surface area (Å²) in [6.45, 7) is 0.554. The fraction of sp³-hybridized carbons (Fsp3) is 0.250. The van der Waals surface area contributed by atoms with Crippen LogP contribution in [0.4, 0.5) is 0 Å². The summed E-state index contributed by atoms with van der Waals surface area (Å²) < 4.78 is 10.0. The summed E-state index contributed by atoms with van der Waals surface area (Å²) in [6.07, 6.45) is 0.565. The van der Waals surface area contributed by atoms with E-state index < -0.39 is 12.0 Å². The van der Waals surface area contributed by atoms with Crippen LogP contribution in [0.3, 0.4) is 0 Å². The summed E-state index contributed by atoms with van der Waals surface area (Å²) in [4.78, 5) is 36.3. The van der Waals surface area contributed by atoms with Gasteiger partial charge in [-0.15, -0.1) is 0 Å². The summed E-state index contributed by atoms with van der Waals surface area (Å²) in [6, 6.07) is 11.4. The number of rotatable bonds is 5. The van der Waals surface area contributed by atoms with Crippen molar-refractivity contribution in [2.24, 2.45) is 0 Å². The maximum absolute atomic E-state index is 12.5. The summed E-state index contributed by atoms with van der Waals surface area (Å²) in [5.41, 5.74) is 2.04. The van der Waals surface area contributed by atoms with Crippen LogP contribution in [-0.2, 0) is 9.53 Å². The molecule has 7 nitrogen and oxygen atoms in total. The maximum atomic E-state index is 12.5. The molecule has 7 heteroatoms. The molecule has 0 saturated carbocycles. The van der Waals surface area contributed by atoms with E-state index in [4.69, 9.17) is 9.47 Å². The van der Waals surface area contributed by atoms with E-state index in [-0.39, 0.29) is 11.8 Å². The molecular weight excluding hydrogens is 348 g/mol. The molecule has 2 amide bonds. The van der Waals surface area contributed by atoms with Gasteiger partial charge in [0.1, 0.15) is 11.8 Å². The van der Waals surface area contributed by atoms with Gasteiger partial charge in [0.15, 0.2) is 0 Å². The Morgan fingerprint density at radius 3 is 2.63 bits per heavy atom. The average Bonchev–Trinajstić information content (AvgIpc) is 3.11. The molecule has 1 saturated heterocycles. The smallest absolute Gasteiger partial charge is 0.338 e. The molecule has 1 fully saturated rings. The zero-order chi connectivity index (χ0) is 19.4. The van der Waals surface area contributed by atoms with Crippen molar-refractivity contribution < 1.29 is 23.9 Å². The summed E-state index contributed by atoms with van der Waals surface area (Å²) in [5.74, 6) is -0.489. The fourth-order valence-electron chi connectivity index (χ4n) is 2.98.